The lowest BCUT2D eigenvalue weighted by Crippen LogP contribution is -2.32. The van der Waals surface area contributed by atoms with E-state index in [4.69, 9.17) is 5.73 Å². The SMILES string of the molecule is NC1CNCc2ccc(-c3ccccc3)cc21. The van der Waals surface area contributed by atoms with Crippen LogP contribution in [0.15, 0.2) is 48.5 Å². The summed E-state index contributed by atoms with van der Waals surface area (Å²) >= 11 is 0. The molecule has 1 heterocycles. The molecule has 0 saturated heterocycles. The lowest BCUT2D eigenvalue weighted by atomic mass is 9.93. The highest BCUT2D eigenvalue weighted by atomic mass is 14.9. The Kier molecular flexibility index (Phi) is 2.67. The molecule has 3 rings (SSSR count). The number of hydrogen-bond acceptors (Lipinski definition) is 2. The van der Waals surface area contributed by atoms with Crippen LogP contribution in [-0.4, -0.2) is 6.54 Å². The maximum absolute atomic E-state index is 6.13. The van der Waals surface area contributed by atoms with E-state index in [2.05, 4.69) is 47.8 Å². The molecule has 0 saturated carbocycles. The van der Waals surface area contributed by atoms with Gasteiger partial charge in [0.25, 0.3) is 0 Å². The summed E-state index contributed by atoms with van der Waals surface area (Å²) < 4.78 is 0. The Morgan fingerprint density at radius 1 is 1.00 bits per heavy atom. The van der Waals surface area contributed by atoms with Gasteiger partial charge in [0.05, 0.1) is 0 Å². The molecular weight excluding hydrogens is 208 g/mol. The van der Waals surface area contributed by atoms with Crippen molar-refractivity contribution in [1.82, 2.24) is 5.32 Å². The van der Waals surface area contributed by atoms with Crippen LogP contribution in [0.25, 0.3) is 11.1 Å². The average Bonchev–Trinajstić information content (AvgIpc) is 2.40. The van der Waals surface area contributed by atoms with E-state index >= 15 is 0 Å². The minimum Gasteiger partial charge on any atom is -0.323 e. The van der Waals surface area contributed by atoms with Gasteiger partial charge in [0.2, 0.25) is 0 Å². The van der Waals surface area contributed by atoms with Crippen molar-refractivity contribution in [2.24, 2.45) is 5.73 Å². The highest BCUT2D eigenvalue weighted by molar-refractivity contribution is 5.65. The summed E-state index contributed by atoms with van der Waals surface area (Å²) in [6.45, 7) is 1.79. The van der Waals surface area contributed by atoms with Crippen molar-refractivity contribution in [3.05, 3.63) is 59.7 Å². The molecule has 2 aromatic rings. The van der Waals surface area contributed by atoms with Gasteiger partial charge in [-0.1, -0.05) is 42.5 Å². The van der Waals surface area contributed by atoms with Crippen LogP contribution >= 0.6 is 0 Å². The van der Waals surface area contributed by atoms with Crippen LogP contribution in [0, 0.1) is 0 Å². The smallest absolute Gasteiger partial charge is 0.0425 e. The summed E-state index contributed by atoms with van der Waals surface area (Å²) in [5, 5.41) is 3.32. The molecular formula is C15H16N2. The van der Waals surface area contributed by atoms with Gasteiger partial charge in [-0.3, -0.25) is 0 Å². The molecule has 0 fully saturated rings. The molecule has 0 spiro atoms. The Balaban J connectivity index is 2.06. The Hall–Kier alpha value is -1.64. The molecule has 1 atom stereocenters. The molecule has 0 radical (unpaired) electrons. The first-order valence-corrected chi connectivity index (χ1v) is 5.99. The minimum absolute atomic E-state index is 0.113. The predicted molar refractivity (Wildman–Crippen MR) is 70.5 cm³/mol. The van der Waals surface area contributed by atoms with E-state index in [9.17, 15) is 0 Å². The fourth-order valence-electron chi connectivity index (χ4n) is 2.38. The van der Waals surface area contributed by atoms with Crippen LogP contribution in [0.1, 0.15) is 17.2 Å². The first kappa shape index (κ1) is 10.5. The monoisotopic (exact) mass is 224 g/mol. The summed E-state index contributed by atoms with van der Waals surface area (Å²) in [4.78, 5) is 0. The third-order valence-corrected chi connectivity index (χ3v) is 3.33. The number of rotatable bonds is 1. The second kappa shape index (κ2) is 4.32. The van der Waals surface area contributed by atoms with Gasteiger partial charge < -0.3 is 11.1 Å². The van der Waals surface area contributed by atoms with Gasteiger partial charge in [-0.15, -0.1) is 0 Å². The zero-order valence-electron chi connectivity index (χ0n) is 9.69. The van der Waals surface area contributed by atoms with Crippen molar-refractivity contribution in [1.29, 1.82) is 0 Å². The van der Waals surface area contributed by atoms with E-state index in [0.717, 1.165) is 13.1 Å². The van der Waals surface area contributed by atoms with Crippen molar-refractivity contribution in [2.75, 3.05) is 6.54 Å². The molecule has 0 bridgehead atoms. The zero-order chi connectivity index (χ0) is 11.7. The molecule has 0 aromatic heterocycles. The van der Waals surface area contributed by atoms with Crippen molar-refractivity contribution < 1.29 is 0 Å². The number of benzene rings is 2. The molecule has 0 amide bonds. The first-order chi connectivity index (χ1) is 8.34. The standard InChI is InChI=1S/C15H16N2/c16-15-10-17-9-13-7-6-12(8-14(13)15)11-4-2-1-3-5-11/h1-8,15,17H,9-10,16H2. The van der Waals surface area contributed by atoms with E-state index in [1.165, 1.54) is 22.3 Å². The maximum Gasteiger partial charge on any atom is 0.0425 e. The summed E-state index contributed by atoms with van der Waals surface area (Å²) in [5.41, 5.74) is 11.2. The molecule has 1 unspecified atom stereocenters. The highest BCUT2D eigenvalue weighted by Gasteiger charge is 2.16. The lowest BCUT2D eigenvalue weighted by molar-refractivity contribution is 0.555. The molecule has 86 valence electrons. The Bertz CT molecular complexity index is 520. The van der Waals surface area contributed by atoms with E-state index in [1.807, 2.05) is 6.07 Å². The Labute approximate surface area is 101 Å². The third kappa shape index (κ3) is 1.97. The Morgan fingerprint density at radius 3 is 2.65 bits per heavy atom. The quantitative estimate of drug-likeness (QED) is 0.781. The van der Waals surface area contributed by atoms with Gasteiger partial charge in [0.1, 0.15) is 0 Å². The van der Waals surface area contributed by atoms with Crippen molar-refractivity contribution in [3.8, 4) is 11.1 Å². The van der Waals surface area contributed by atoms with Crippen LogP contribution in [0.2, 0.25) is 0 Å². The summed E-state index contributed by atoms with van der Waals surface area (Å²) in [6.07, 6.45) is 0. The molecule has 0 aliphatic carbocycles. The fourth-order valence-corrected chi connectivity index (χ4v) is 2.38. The lowest BCUT2D eigenvalue weighted by Gasteiger charge is -2.24. The van der Waals surface area contributed by atoms with Crippen molar-refractivity contribution in [2.45, 2.75) is 12.6 Å². The van der Waals surface area contributed by atoms with Crippen molar-refractivity contribution in [3.63, 3.8) is 0 Å². The minimum atomic E-state index is 0.113. The van der Waals surface area contributed by atoms with Crippen LogP contribution in [0.3, 0.4) is 0 Å². The van der Waals surface area contributed by atoms with Crippen LogP contribution in [-0.2, 0) is 6.54 Å². The predicted octanol–water partition coefficient (Wildman–Crippen LogP) is 2.46. The fraction of sp³-hybridized carbons (Fsp3) is 0.200. The van der Waals surface area contributed by atoms with Gasteiger partial charge in [-0.05, 0) is 28.3 Å². The van der Waals surface area contributed by atoms with E-state index in [-0.39, 0.29) is 6.04 Å². The van der Waals surface area contributed by atoms with Gasteiger partial charge in [0.15, 0.2) is 0 Å². The highest BCUT2D eigenvalue weighted by Crippen LogP contribution is 2.27. The first-order valence-electron chi connectivity index (χ1n) is 5.99. The second-order valence-corrected chi connectivity index (χ2v) is 4.52. The van der Waals surface area contributed by atoms with E-state index < -0.39 is 0 Å². The number of nitrogens with one attached hydrogen (secondary N) is 1. The van der Waals surface area contributed by atoms with Crippen LogP contribution < -0.4 is 11.1 Å². The molecule has 3 N–H and O–H groups in total. The molecule has 1 aliphatic rings. The molecule has 2 nitrogen and oxygen atoms in total. The summed E-state index contributed by atoms with van der Waals surface area (Å²) in [6, 6.07) is 17.1. The topological polar surface area (TPSA) is 38.0 Å². The van der Waals surface area contributed by atoms with Crippen LogP contribution in [0.4, 0.5) is 0 Å². The van der Waals surface area contributed by atoms with E-state index in [0.29, 0.717) is 0 Å². The van der Waals surface area contributed by atoms with E-state index in [1.54, 1.807) is 0 Å². The van der Waals surface area contributed by atoms with Gasteiger partial charge in [-0.25, -0.2) is 0 Å². The maximum atomic E-state index is 6.13. The molecule has 2 heteroatoms. The Morgan fingerprint density at radius 2 is 1.82 bits per heavy atom. The number of fused-ring (bicyclic) bond motifs is 1. The van der Waals surface area contributed by atoms with Gasteiger partial charge >= 0.3 is 0 Å². The number of nitrogens with two attached hydrogens (primary N) is 1. The second-order valence-electron chi connectivity index (χ2n) is 4.52. The molecule has 17 heavy (non-hydrogen) atoms. The molecule has 1 aliphatic heterocycles. The van der Waals surface area contributed by atoms with Crippen LogP contribution in [0.5, 0.6) is 0 Å². The third-order valence-electron chi connectivity index (χ3n) is 3.33. The normalized spacial score (nSPS) is 18.8. The summed E-state index contributed by atoms with van der Waals surface area (Å²) in [7, 11) is 0. The van der Waals surface area contributed by atoms with Crippen molar-refractivity contribution >= 4 is 0 Å². The van der Waals surface area contributed by atoms with Gasteiger partial charge in [-0.2, -0.15) is 0 Å². The van der Waals surface area contributed by atoms with Gasteiger partial charge in [0, 0.05) is 19.1 Å². The largest absolute Gasteiger partial charge is 0.323 e. The summed E-state index contributed by atoms with van der Waals surface area (Å²) in [5.74, 6) is 0. The number of hydrogen-bond donors (Lipinski definition) is 2. The zero-order valence-corrected chi connectivity index (χ0v) is 9.69. The average molecular weight is 224 g/mol. The molecule has 2 aromatic carbocycles.